The van der Waals surface area contributed by atoms with Gasteiger partial charge in [-0.15, -0.1) is 34.4 Å². The van der Waals surface area contributed by atoms with Gasteiger partial charge < -0.3 is 5.32 Å². The van der Waals surface area contributed by atoms with Crippen molar-refractivity contribution >= 4 is 24.2 Å². The Bertz CT molecular complexity index is 551. The van der Waals surface area contributed by atoms with Crippen LogP contribution in [0, 0.1) is 6.92 Å². The zero-order chi connectivity index (χ0) is 13.8. The topological polar surface area (TPSA) is 37.8 Å². The number of thioether (sulfide) groups is 1. The van der Waals surface area contributed by atoms with E-state index in [1.807, 2.05) is 11.8 Å². The molecule has 0 aliphatic carbocycles. The van der Waals surface area contributed by atoms with Crippen LogP contribution in [0.15, 0.2) is 41.4 Å². The number of piperidine rings is 1. The van der Waals surface area contributed by atoms with Gasteiger partial charge in [-0.2, -0.15) is 0 Å². The summed E-state index contributed by atoms with van der Waals surface area (Å²) in [6, 6.07) is 12.6. The predicted molar refractivity (Wildman–Crippen MR) is 91.2 cm³/mol. The average molecular weight is 322 g/mol. The molecule has 1 saturated heterocycles. The number of aryl methyl sites for hydroxylation is 1. The van der Waals surface area contributed by atoms with Crippen LogP contribution >= 0.6 is 24.2 Å². The highest BCUT2D eigenvalue weighted by Gasteiger charge is 2.15. The molecular formula is C16H20ClN3S. The van der Waals surface area contributed by atoms with Crippen molar-refractivity contribution in [2.24, 2.45) is 0 Å². The second-order valence-electron chi connectivity index (χ2n) is 5.19. The van der Waals surface area contributed by atoms with Crippen LogP contribution in [0.1, 0.15) is 18.4 Å². The van der Waals surface area contributed by atoms with Crippen molar-refractivity contribution < 1.29 is 0 Å². The van der Waals surface area contributed by atoms with Crippen molar-refractivity contribution in [3.63, 3.8) is 0 Å². The number of hydrogen-bond donors (Lipinski definition) is 1. The zero-order valence-corrected chi connectivity index (χ0v) is 13.7. The number of nitrogens with zero attached hydrogens (tertiary/aromatic N) is 2. The van der Waals surface area contributed by atoms with E-state index in [2.05, 4.69) is 58.8 Å². The monoisotopic (exact) mass is 321 g/mol. The van der Waals surface area contributed by atoms with E-state index in [4.69, 9.17) is 0 Å². The average Bonchev–Trinajstić information content (AvgIpc) is 2.50. The number of halogens is 1. The van der Waals surface area contributed by atoms with Gasteiger partial charge in [-0.3, -0.25) is 0 Å². The maximum absolute atomic E-state index is 4.36. The van der Waals surface area contributed by atoms with Crippen molar-refractivity contribution in [1.82, 2.24) is 15.5 Å². The van der Waals surface area contributed by atoms with Crippen LogP contribution in [0.3, 0.4) is 0 Å². The van der Waals surface area contributed by atoms with Gasteiger partial charge in [-0.05, 0) is 45.0 Å². The lowest BCUT2D eigenvalue weighted by Gasteiger charge is -2.21. The summed E-state index contributed by atoms with van der Waals surface area (Å²) in [5.41, 5.74) is 3.33. The van der Waals surface area contributed by atoms with Gasteiger partial charge in [-0.1, -0.05) is 29.8 Å². The molecule has 21 heavy (non-hydrogen) atoms. The molecule has 2 heterocycles. The van der Waals surface area contributed by atoms with Crippen molar-refractivity contribution in [2.45, 2.75) is 30.0 Å². The fourth-order valence-electron chi connectivity index (χ4n) is 2.35. The summed E-state index contributed by atoms with van der Waals surface area (Å²) < 4.78 is 0. The molecule has 3 nitrogen and oxygen atoms in total. The van der Waals surface area contributed by atoms with E-state index >= 15 is 0 Å². The lowest BCUT2D eigenvalue weighted by molar-refractivity contribution is 0.531. The standard InChI is InChI=1S/C16H19N3S.ClH/c1-12-2-4-13(5-3-12)15-6-7-16(19-18-15)20-14-8-10-17-11-9-14;/h2-7,14,17H,8-11H2,1H3;1H. The molecule has 0 spiro atoms. The lowest BCUT2D eigenvalue weighted by Crippen LogP contribution is -2.29. The maximum atomic E-state index is 4.36. The van der Waals surface area contributed by atoms with Gasteiger partial charge in [-0.25, -0.2) is 0 Å². The first-order valence-corrected chi connectivity index (χ1v) is 7.97. The van der Waals surface area contributed by atoms with Gasteiger partial charge in [0.15, 0.2) is 0 Å². The SMILES string of the molecule is Cc1ccc(-c2ccc(SC3CCNCC3)nn2)cc1.Cl. The first-order valence-electron chi connectivity index (χ1n) is 7.09. The molecule has 112 valence electrons. The van der Waals surface area contributed by atoms with E-state index in [1.54, 1.807) is 0 Å². The van der Waals surface area contributed by atoms with E-state index in [0.29, 0.717) is 5.25 Å². The fourth-order valence-corrected chi connectivity index (χ4v) is 3.39. The molecule has 1 aliphatic heterocycles. The molecule has 0 saturated carbocycles. The summed E-state index contributed by atoms with van der Waals surface area (Å²) in [4.78, 5) is 0. The molecule has 0 bridgehead atoms. The second-order valence-corrected chi connectivity index (χ2v) is 6.51. The van der Waals surface area contributed by atoms with Crippen LogP contribution in [-0.4, -0.2) is 28.5 Å². The first-order chi connectivity index (χ1) is 9.81. The first kappa shape index (κ1) is 16.3. The smallest absolute Gasteiger partial charge is 0.119 e. The number of hydrogen-bond acceptors (Lipinski definition) is 4. The third kappa shape index (κ3) is 4.43. The Morgan fingerprint density at radius 2 is 1.71 bits per heavy atom. The quantitative estimate of drug-likeness (QED) is 0.935. The number of aromatic nitrogens is 2. The summed E-state index contributed by atoms with van der Waals surface area (Å²) in [6.07, 6.45) is 2.43. The summed E-state index contributed by atoms with van der Waals surface area (Å²) in [5, 5.41) is 13.8. The van der Waals surface area contributed by atoms with Crippen LogP contribution in [0.5, 0.6) is 0 Å². The van der Waals surface area contributed by atoms with Gasteiger partial charge in [0.2, 0.25) is 0 Å². The number of nitrogens with one attached hydrogen (secondary N) is 1. The minimum Gasteiger partial charge on any atom is -0.317 e. The zero-order valence-electron chi connectivity index (χ0n) is 12.1. The number of benzene rings is 1. The normalized spacial score (nSPS) is 15.5. The molecule has 1 aromatic carbocycles. The lowest BCUT2D eigenvalue weighted by atomic mass is 10.1. The van der Waals surface area contributed by atoms with Crippen molar-refractivity contribution in [2.75, 3.05) is 13.1 Å². The Balaban J connectivity index is 0.00000161. The van der Waals surface area contributed by atoms with E-state index in [0.717, 1.165) is 29.4 Å². The van der Waals surface area contributed by atoms with Crippen LogP contribution in [0.25, 0.3) is 11.3 Å². The van der Waals surface area contributed by atoms with Gasteiger partial charge in [0.25, 0.3) is 0 Å². The van der Waals surface area contributed by atoms with Gasteiger partial charge in [0.1, 0.15) is 5.03 Å². The molecule has 0 radical (unpaired) electrons. The van der Waals surface area contributed by atoms with Crippen molar-refractivity contribution in [3.05, 3.63) is 42.0 Å². The van der Waals surface area contributed by atoms with Crippen LogP contribution < -0.4 is 5.32 Å². The summed E-state index contributed by atoms with van der Waals surface area (Å²) in [6.45, 7) is 4.33. The largest absolute Gasteiger partial charge is 0.317 e. The molecule has 1 aromatic heterocycles. The highest BCUT2D eigenvalue weighted by atomic mass is 35.5. The summed E-state index contributed by atoms with van der Waals surface area (Å²) in [5.74, 6) is 0. The Labute approximate surface area is 136 Å². The molecule has 1 fully saturated rings. The van der Waals surface area contributed by atoms with E-state index in [9.17, 15) is 0 Å². The van der Waals surface area contributed by atoms with Crippen LogP contribution in [0.4, 0.5) is 0 Å². The third-order valence-corrected chi connectivity index (χ3v) is 4.82. The molecule has 1 aliphatic rings. The summed E-state index contributed by atoms with van der Waals surface area (Å²) in [7, 11) is 0. The Hall–Kier alpha value is -1.10. The van der Waals surface area contributed by atoms with E-state index in [-0.39, 0.29) is 12.4 Å². The Morgan fingerprint density at radius 1 is 1.00 bits per heavy atom. The van der Waals surface area contributed by atoms with Gasteiger partial charge in [0, 0.05) is 10.8 Å². The highest BCUT2D eigenvalue weighted by molar-refractivity contribution is 7.99. The molecule has 0 unspecified atom stereocenters. The second kappa shape index (κ2) is 7.78. The molecular weight excluding hydrogens is 302 g/mol. The minimum absolute atomic E-state index is 0. The molecule has 5 heteroatoms. The third-order valence-electron chi connectivity index (χ3n) is 3.56. The molecule has 2 aromatic rings. The van der Waals surface area contributed by atoms with Crippen LogP contribution in [-0.2, 0) is 0 Å². The Morgan fingerprint density at radius 3 is 2.33 bits per heavy atom. The molecule has 0 atom stereocenters. The van der Waals surface area contributed by atoms with E-state index in [1.165, 1.54) is 18.4 Å². The molecule has 3 rings (SSSR count). The minimum atomic E-state index is 0. The highest BCUT2D eigenvalue weighted by Crippen LogP contribution is 2.27. The predicted octanol–water partition coefficient (Wildman–Crippen LogP) is 3.72. The van der Waals surface area contributed by atoms with Crippen molar-refractivity contribution in [3.8, 4) is 11.3 Å². The Kier molecular flexibility index (Phi) is 6.03. The maximum Gasteiger partial charge on any atom is 0.119 e. The van der Waals surface area contributed by atoms with Gasteiger partial charge in [0.05, 0.1) is 5.69 Å². The van der Waals surface area contributed by atoms with E-state index < -0.39 is 0 Å². The molecule has 1 N–H and O–H groups in total. The number of rotatable bonds is 3. The van der Waals surface area contributed by atoms with Crippen molar-refractivity contribution in [1.29, 1.82) is 0 Å². The van der Waals surface area contributed by atoms with Gasteiger partial charge >= 0.3 is 0 Å². The summed E-state index contributed by atoms with van der Waals surface area (Å²) >= 11 is 1.86. The fraction of sp³-hybridized carbons (Fsp3) is 0.375. The molecule has 0 amide bonds. The van der Waals surface area contributed by atoms with Crippen LogP contribution in [0.2, 0.25) is 0 Å².